The maximum Gasteiger partial charge on any atom is 0.240 e. The molecule has 114 valence electrons. The van der Waals surface area contributed by atoms with Crippen LogP contribution in [0, 0.1) is 0 Å². The van der Waals surface area contributed by atoms with E-state index in [9.17, 15) is 8.42 Å². The second-order valence-electron chi connectivity index (χ2n) is 4.17. The topological polar surface area (TPSA) is 76.7 Å². The Morgan fingerprint density at radius 3 is 2.40 bits per heavy atom. The third kappa shape index (κ3) is 5.87. The van der Waals surface area contributed by atoms with E-state index in [0.29, 0.717) is 31.9 Å². The maximum absolute atomic E-state index is 12.0. The van der Waals surface area contributed by atoms with Gasteiger partial charge in [-0.05, 0) is 37.7 Å². The summed E-state index contributed by atoms with van der Waals surface area (Å²) in [5.74, 6) is 0.651. The van der Waals surface area contributed by atoms with Gasteiger partial charge in [-0.1, -0.05) is 0 Å². The fourth-order valence-corrected chi connectivity index (χ4v) is 2.57. The first-order valence-electron chi connectivity index (χ1n) is 6.46. The molecule has 0 saturated carbocycles. The van der Waals surface area contributed by atoms with E-state index in [1.54, 1.807) is 19.2 Å². The lowest BCUT2D eigenvalue weighted by Crippen LogP contribution is -2.25. The van der Waals surface area contributed by atoms with Crippen LogP contribution in [0.1, 0.15) is 6.42 Å². The van der Waals surface area contributed by atoms with Crippen LogP contribution in [-0.2, 0) is 14.8 Å². The van der Waals surface area contributed by atoms with Crippen molar-refractivity contribution in [3.63, 3.8) is 0 Å². The number of benzene rings is 1. The molecule has 0 aliphatic heterocycles. The number of rotatable bonds is 10. The zero-order valence-electron chi connectivity index (χ0n) is 11.9. The van der Waals surface area contributed by atoms with Gasteiger partial charge in [0.2, 0.25) is 10.0 Å². The normalized spacial score (nSPS) is 11.5. The summed E-state index contributed by atoms with van der Waals surface area (Å²) >= 11 is 0. The Balaban J connectivity index is 2.53. The van der Waals surface area contributed by atoms with Crippen LogP contribution in [-0.4, -0.2) is 48.9 Å². The lowest BCUT2D eigenvalue weighted by molar-refractivity contribution is 0.196. The Morgan fingerprint density at radius 2 is 1.80 bits per heavy atom. The molecule has 0 amide bonds. The molecule has 20 heavy (non-hydrogen) atoms. The average molecular weight is 302 g/mol. The molecular weight excluding hydrogens is 280 g/mol. The Labute approximate surface area is 120 Å². The third-order valence-corrected chi connectivity index (χ3v) is 4.05. The van der Waals surface area contributed by atoms with Crippen molar-refractivity contribution in [1.29, 1.82) is 0 Å². The minimum Gasteiger partial charge on any atom is -0.492 e. The molecule has 0 aromatic heterocycles. The minimum atomic E-state index is -3.46. The van der Waals surface area contributed by atoms with Crippen molar-refractivity contribution < 1.29 is 17.9 Å². The molecule has 0 bridgehead atoms. The zero-order valence-corrected chi connectivity index (χ0v) is 12.7. The van der Waals surface area contributed by atoms with E-state index in [-0.39, 0.29) is 4.90 Å². The summed E-state index contributed by atoms with van der Waals surface area (Å²) < 4.78 is 36.8. The van der Waals surface area contributed by atoms with Crippen LogP contribution in [0.15, 0.2) is 29.2 Å². The molecular formula is C13H22N2O4S. The molecule has 0 heterocycles. The van der Waals surface area contributed by atoms with Gasteiger partial charge in [-0.15, -0.1) is 0 Å². The lowest BCUT2D eigenvalue weighted by atomic mass is 10.3. The summed E-state index contributed by atoms with van der Waals surface area (Å²) in [6.45, 7) is 2.16. The van der Waals surface area contributed by atoms with Crippen LogP contribution in [0.3, 0.4) is 0 Å². The molecule has 0 aliphatic rings. The predicted octanol–water partition coefficient (Wildman–Crippen LogP) is 0.600. The summed E-state index contributed by atoms with van der Waals surface area (Å²) in [4.78, 5) is 0.232. The molecule has 7 heteroatoms. The van der Waals surface area contributed by atoms with Gasteiger partial charge in [-0.2, -0.15) is 0 Å². The second kappa shape index (κ2) is 8.91. The molecule has 1 rings (SSSR count). The Morgan fingerprint density at radius 1 is 1.10 bits per heavy atom. The van der Waals surface area contributed by atoms with E-state index in [1.807, 2.05) is 7.05 Å². The third-order valence-electron chi connectivity index (χ3n) is 2.57. The number of methoxy groups -OCH3 is 1. The smallest absolute Gasteiger partial charge is 0.240 e. The minimum absolute atomic E-state index is 0.232. The monoisotopic (exact) mass is 302 g/mol. The van der Waals surface area contributed by atoms with Crippen LogP contribution in [0.4, 0.5) is 0 Å². The molecule has 0 fully saturated rings. The summed E-state index contributed by atoms with van der Waals surface area (Å²) in [6.07, 6.45) is 0.640. The number of sulfonamides is 1. The Kier molecular flexibility index (Phi) is 7.53. The van der Waals surface area contributed by atoms with Gasteiger partial charge in [-0.25, -0.2) is 13.1 Å². The quantitative estimate of drug-likeness (QED) is 0.619. The molecule has 1 aromatic carbocycles. The Bertz CT molecular complexity index is 474. The number of nitrogens with one attached hydrogen (secondary N) is 2. The van der Waals surface area contributed by atoms with E-state index in [1.165, 1.54) is 12.1 Å². The molecule has 1 aromatic rings. The van der Waals surface area contributed by atoms with Crippen molar-refractivity contribution in [2.75, 3.05) is 40.5 Å². The molecule has 0 saturated heterocycles. The SMILES string of the molecule is CNCCOc1ccc(S(=O)(=O)NCCCOC)cc1. The molecule has 0 spiro atoms. The number of hydrogen-bond acceptors (Lipinski definition) is 5. The summed E-state index contributed by atoms with van der Waals surface area (Å²) in [5, 5.41) is 2.97. The summed E-state index contributed by atoms with van der Waals surface area (Å²) in [5.41, 5.74) is 0. The molecule has 2 N–H and O–H groups in total. The van der Waals surface area contributed by atoms with Gasteiger partial charge in [0, 0.05) is 26.8 Å². The van der Waals surface area contributed by atoms with Crippen LogP contribution in [0.2, 0.25) is 0 Å². The van der Waals surface area contributed by atoms with Crippen LogP contribution < -0.4 is 14.8 Å². The van der Waals surface area contributed by atoms with Crippen LogP contribution in [0.5, 0.6) is 5.75 Å². The first-order chi connectivity index (χ1) is 9.60. The first-order valence-corrected chi connectivity index (χ1v) is 7.94. The van der Waals surface area contributed by atoms with Crippen molar-refractivity contribution in [2.24, 2.45) is 0 Å². The van der Waals surface area contributed by atoms with Gasteiger partial charge < -0.3 is 14.8 Å². The largest absolute Gasteiger partial charge is 0.492 e. The Hall–Kier alpha value is -1.15. The first kappa shape index (κ1) is 16.9. The number of ether oxygens (including phenoxy) is 2. The molecule has 6 nitrogen and oxygen atoms in total. The molecule has 0 atom stereocenters. The summed E-state index contributed by atoms with van der Waals surface area (Å²) in [6, 6.07) is 6.37. The van der Waals surface area contributed by atoms with Gasteiger partial charge in [0.05, 0.1) is 4.90 Å². The van der Waals surface area contributed by atoms with Gasteiger partial charge in [0.15, 0.2) is 0 Å². The van der Waals surface area contributed by atoms with E-state index in [2.05, 4.69) is 10.0 Å². The fraction of sp³-hybridized carbons (Fsp3) is 0.538. The van der Waals surface area contributed by atoms with E-state index in [4.69, 9.17) is 9.47 Å². The van der Waals surface area contributed by atoms with Crippen LogP contribution >= 0.6 is 0 Å². The standard InChI is InChI=1S/C13H22N2O4S/c1-14-9-11-19-12-4-6-13(7-5-12)20(16,17)15-8-3-10-18-2/h4-7,14-15H,3,8-11H2,1-2H3. The fourth-order valence-electron chi connectivity index (χ4n) is 1.49. The van der Waals surface area contributed by atoms with Crippen molar-refractivity contribution in [3.8, 4) is 5.75 Å². The number of likely N-dealkylation sites (N-methyl/N-ethyl adjacent to an activating group) is 1. The van der Waals surface area contributed by atoms with Crippen molar-refractivity contribution >= 4 is 10.0 Å². The number of hydrogen-bond donors (Lipinski definition) is 2. The van der Waals surface area contributed by atoms with E-state index >= 15 is 0 Å². The van der Waals surface area contributed by atoms with Gasteiger partial charge >= 0.3 is 0 Å². The summed E-state index contributed by atoms with van der Waals surface area (Å²) in [7, 11) is -0.0300. The van der Waals surface area contributed by atoms with Gasteiger partial charge in [0.1, 0.15) is 12.4 Å². The van der Waals surface area contributed by atoms with Crippen molar-refractivity contribution in [1.82, 2.24) is 10.0 Å². The highest BCUT2D eigenvalue weighted by Crippen LogP contribution is 2.15. The average Bonchev–Trinajstić information content (AvgIpc) is 2.45. The highest BCUT2D eigenvalue weighted by Gasteiger charge is 2.12. The highest BCUT2D eigenvalue weighted by molar-refractivity contribution is 7.89. The molecule has 0 unspecified atom stereocenters. The zero-order chi connectivity index (χ0) is 14.8. The van der Waals surface area contributed by atoms with E-state index in [0.717, 1.165) is 6.54 Å². The van der Waals surface area contributed by atoms with Crippen LogP contribution in [0.25, 0.3) is 0 Å². The second-order valence-corrected chi connectivity index (χ2v) is 5.93. The van der Waals surface area contributed by atoms with Crippen molar-refractivity contribution in [2.45, 2.75) is 11.3 Å². The highest BCUT2D eigenvalue weighted by atomic mass is 32.2. The van der Waals surface area contributed by atoms with E-state index < -0.39 is 10.0 Å². The lowest BCUT2D eigenvalue weighted by Gasteiger charge is -2.08. The van der Waals surface area contributed by atoms with Gasteiger partial charge in [-0.3, -0.25) is 0 Å². The van der Waals surface area contributed by atoms with Gasteiger partial charge in [0.25, 0.3) is 0 Å². The predicted molar refractivity (Wildman–Crippen MR) is 77.5 cm³/mol. The van der Waals surface area contributed by atoms with Crippen molar-refractivity contribution in [3.05, 3.63) is 24.3 Å². The maximum atomic E-state index is 12.0. The molecule has 0 aliphatic carbocycles. The molecule has 0 radical (unpaired) electrons.